The van der Waals surface area contributed by atoms with E-state index in [0.29, 0.717) is 5.92 Å². The number of nitrogens with zero attached hydrogens (tertiary/aromatic N) is 5. The van der Waals surface area contributed by atoms with Crippen LogP contribution in [0.4, 0.5) is 0 Å². The molecule has 0 amide bonds. The van der Waals surface area contributed by atoms with Crippen molar-refractivity contribution in [3.8, 4) is 11.5 Å². The van der Waals surface area contributed by atoms with Crippen molar-refractivity contribution in [2.45, 2.75) is 58.0 Å². The lowest BCUT2D eigenvalue weighted by Crippen LogP contribution is -2.24. The molecule has 1 atom stereocenters. The summed E-state index contributed by atoms with van der Waals surface area (Å²) >= 11 is 0. The van der Waals surface area contributed by atoms with E-state index >= 15 is 0 Å². The molecule has 0 N–H and O–H groups in total. The molecule has 0 radical (unpaired) electrons. The number of rotatable bonds is 4. The van der Waals surface area contributed by atoms with E-state index in [9.17, 15) is 0 Å². The van der Waals surface area contributed by atoms with Crippen LogP contribution < -0.4 is 0 Å². The molecule has 26 heavy (non-hydrogen) atoms. The first-order chi connectivity index (χ1) is 12.8. The summed E-state index contributed by atoms with van der Waals surface area (Å²) in [5.74, 6) is 3.41. The number of hydrogen-bond acceptors (Lipinski definition) is 3. The maximum absolute atomic E-state index is 4.78. The van der Waals surface area contributed by atoms with Gasteiger partial charge in [0.15, 0.2) is 5.82 Å². The van der Waals surface area contributed by atoms with Crippen molar-refractivity contribution >= 4 is 0 Å². The molecule has 5 rings (SSSR count). The molecule has 0 bridgehead atoms. The van der Waals surface area contributed by atoms with Crippen molar-refractivity contribution in [3.63, 3.8) is 0 Å². The first-order valence-electron chi connectivity index (χ1n) is 9.87. The Hall–Kier alpha value is -2.43. The highest BCUT2D eigenvalue weighted by atomic mass is 15.3. The summed E-state index contributed by atoms with van der Waals surface area (Å²) in [6.07, 6.45) is 8.44. The van der Waals surface area contributed by atoms with Gasteiger partial charge in [0, 0.05) is 24.4 Å². The van der Waals surface area contributed by atoms with Crippen LogP contribution >= 0.6 is 0 Å². The van der Waals surface area contributed by atoms with Crippen molar-refractivity contribution in [1.82, 2.24) is 24.5 Å². The summed E-state index contributed by atoms with van der Waals surface area (Å²) in [4.78, 5) is 0. The predicted molar refractivity (Wildman–Crippen MR) is 101 cm³/mol. The Morgan fingerprint density at radius 3 is 2.65 bits per heavy atom. The van der Waals surface area contributed by atoms with E-state index in [1.54, 1.807) is 0 Å². The molecule has 3 aromatic rings. The zero-order valence-electron chi connectivity index (χ0n) is 15.3. The van der Waals surface area contributed by atoms with Crippen molar-refractivity contribution in [1.29, 1.82) is 0 Å². The van der Waals surface area contributed by atoms with Gasteiger partial charge in [-0.15, -0.1) is 10.2 Å². The fraction of sp³-hybridized carbons (Fsp3) is 0.476. The third kappa shape index (κ3) is 2.49. The van der Waals surface area contributed by atoms with Crippen LogP contribution in [-0.4, -0.2) is 24.5 Å². The van der Waals surface area contributed by atoms with E-state index in [2.05, 4.69) is 62.9 Å². The van der Waals surface area contributed by atoms with Crippen LogP contribution in [0.15, 0.2) is 36.5 Å². The maximum Gasteiger partial charge on any atom is 0.182 e. The van der Waals surface area contributed by atoms with E-state index in [0.717, 1.165) is 37.1 Å². The van der Waals surface area contributed by atoms with Crippen LogP contribution in [-0.2, 0) is 19.5 Å². The average Bonchev–Trinajstić information content (AvgIpc) is 3.41. The summed E-state index contributed by atoms with van der Waals surface area (Å²) in [6, 6.07) is 10.6. The molecule has 1 fully saturated rings. The Labute approximate surface area is 154 Å². The van der Waals surface area contributed by atoms with Gasteiger partial charge in [-0.25, -0.2) is 0 Å². The Kier molecular flexibility index (Phi) is 3.88. The third-order valence-electron chi connectivity index (χ3n) is 6.15. The molecule has 5 heteroatoms. The molecule has 1 saturated carbocycles. The molecule has 134 valence electrons. The fourth-order valence-corrected chi connectivity index (χ4v) is 4.81. The van der Waals surface area contributed by atoms with Gasteiger partial charge in [0.25, 0.3) is 0 Å². The summed E-state index contributed by atoms with van der Waals surface area (Å²) in [5.41, 5.74) is 3.84. The molecule has 1 aliphatic carbocycles. The Balaban J connectivity index is 1.61. The van der Waals surface area contributed by atoms with Crippen LogP contribution in [0, 0.1) is 5.92 Å². The highest BCUT2D eigenvalue weighted by Gasteiger charge is 2.36. The molecule has 1 aromatic carbocycles. The number of fused-ring (bicyclic) bond motifs is 3. The topological polar surface area (TPSA) is 48.5 Å². The normalized spacial score (nSPS) is 19.5. The van der Waals surface area contributed by atoms with Crippen molar-refractivity contribution < 1.29 is 0 Å². The summed E-state index contributed by atoms with van der Waals surface area (Å²) in [5, 5.41) is 13.8. The molecule has 1 aliphatic heterocycles. The monoisotopic (exact) mass is 347 g/mol. The van der Waals surface area contributed by atoms with Crippen molar-refractivity contribution in [2.75, 3.05) is 0 Å². The summed E-state index contributed by atoms with van der Waals surface area (Å²) < 4.78 is 4.49. The molecule has 2 aromatic heterocycles. The fourth-order valence-electron chi connectivity index (χ4n) is 4.81. The maximum atomic E-state index is 4.78. The highest BCUT2D eigenvalue weighted by molar-refractivity contribution is 5.59. The predicted octanol–water partition coefficient (Wildman–Crippen LogP) is 4.04. The van der Waals surface area contributed by atoms with Gasteiger partial charge >= 0.3 is 0 Å². The van der Waals surface area contributed by atoms with E-state index in [4.69, 9.17) is 5.10 Å². The summed E-state index contributed by atoms with van der Waals surface area (Å²) in [6.45, 7) is 3.96. The largest absolute Gasteiger partial charge is 0.309 e. The van der Waals surface area contributed by atoms with E-state index in [1.807, 2.05) is 0 Å². The minimum Gasteiger partial charge on any atom is -0.309 e. The molecular weight excluding hydrogens is 322 g/mol. The summed E-state index contributed by atoms with van der Waals surface area (Å²) in [7, 11) is 0. The van der Waals surface area contributed by atoms with Crippen LogP contribution in [0.25, 0.3) is 11.5 Å². The second-order valence-electron chi connectivity index (χ2n) is 7.65. The lowest BCUT2D eigenvalue weighted by atomic mass is 9.83. The molecule has 5 nitrogen and oxygen atoms in total. The third-order valence-corrected chi connectivity index (χ3v) is 6.15. The molecule has 3 heterocycles. The first kappa shape index (κ1) is 15.8. The van der Waals surface area contributed by atoms with Gasteiger partial charge in [-0.1, -0.05) is 50.1 Å². The second-order valence-corrected chi connectivity index (χ2v) is 7.65. The average molecular weight is 347 g/mol. The van der Waals surface area contributed by atoms with Crippen LogP contribution in [0.1, 0.15) is 55.5 Å². The Morgan fingerprint density at radius 2 is 1.88 bits per heavy atom. The van der Waals surface area contributed by atoms with Gasteiger partial charge in [0.05, 0.1) is 12.7 Å². The molecular formula is C21H25N5. The highest BCUT2D eigenvalue weighted by Crippen LogP contribution is 2.45. The minimum absolute atomic E-state index is 0.547. The lowest BCUT2D eigenvalue weighted by molar-refractivity contribution is 0.377. The van der Waals surface area contributed by atoms with Crippen molar-refractivity contribution in [2.24, 2.45) is 5.92 Å². The Bertz CT molecular complexity index is 902. The van der Waals surface area contributed by atoms with Gasteiger partial charge in [0.1, 0.15) is 11.5 Å². The zero-order valence-corrected chi connectivity index (χ0v) is 15.3. The van der Waals surface area contributed by atoms with Crippen molar-refractivity contribution in [3.05, 3.63) is 53.5 Å². The van der Waals surface area contributed by atoms with Crippen LogP contribution in [0.2, 0.25) is 0 Å². The smallest absolute Gasteiger partial charge is 0.182 e. The second kappa shape index (κ2) is 6.38. The van der Waals surface area contributed by atoms with Crippen LogP contribution in [0.3, 0.4) is 0 Å². The van der Waals surface area contributed by atoms with Gasteiger partial charge in [-0.3, -0.25) is 4.68 Å². The van der Waals surface area contributed by atoms with Crippen LogP contribution in [0.5, 0.6) is 0 Å². The zero-order chi connectivity index (χ0) is 17.5. The van der Waals surface area contributed by atoms with Gasteiger partial charge < -0.3 is 4.57 Å². The number of hydrogen-bond donors (Lipinski definition) is 0. The molecule has 0 spiro atoms. The molecule has 2 aliphatic rings. The number of benzene rings is 1. The first-order valence-corrected chi connectivity index (χ1v) is 9.87. The van der Waals surface area contributed by atoms with Gasteiger partial charge in [-0.2, -0.15) is 5.10 Å². The Morgan fingerprint density at radius 1 is 1.08 bits per heavy atom. The van der Waals surface area contributed by atoms with E-state index < -0.39 is 0 Å². The lowest BCUT2D eigenvalue weighted by Gasteiger charge is -2.29. The number of aryl methyl sites for hydroxylation is 1. The molecule has 1 unspecified atom stereocenters. The van der Waals surface area contributed by atoms with E-state index in [1.165, 1.54) is 42.5 Å². The number of aromatic nitrogens is 5. The molecule has 0 saturated heterocycles. The van der Waals surface area contributed by atoms with E-state index in [-0.39, 0.29) is 0 Å². The SMILES string of the molecule is CCc1nnc2n1CC(C1CCCC1)c1cnn(Cc3ccccc3)c1-2. The quantitative estimate of drug-likeness (QED) is 0.716. The standard InChI is InChI=1S/C21H25N5/c1-2-19-23-24-21-20-17(18(14-25(19)21)16-10-6-7-11-16)12-22-26(20)13-15-8-4-3-5-9-15/h3-5,8-9,12,16,18H,2,6-7,10-11,13-14H2,1H3. The minimum atomic E-state index is 0.547. The van der Waals surface area contributed by atoms with Gasteiger partial charge in [-0.05, 0) is 24.3 Å². The van der Waals surface area contributed by atoms with Gasteiger partial charge in [0.2, 0.25) is 0 Å².